The van der Waals surface area contributed by atoms with E-state index in [1.54, 1.807) is 32.6 Å². The molecule has 1 aromatic rings. The molecule has 1 aromatic carbocycles. The summed E-state index contributed by atoms with van der Waals surface area (Å²) in [5.74, 6) is -0.748. The number of nitrogens with one attached hydrogen (secondary N) is 1. The number of rotatable bonds is 5. The van der Waals surface area contributed by atoms with Crippen molar-refractivity contribution in [2.75, 3.05) is 13.1 Å². The summed E-state index contributed by atoms with van der Waals surface area (Å²) in [4.78, 5) is 37.7. The van der Waals surface area contributed by atoms with Crippen molar-refractivity contribution in [2.24, 2.45) is 0 Å². The fourth-order valence-electron chi connectivity index (χ4n) is 2.83. The largest absolute Gasteiger partial charge is 0.452 e. The van der Waals surface area contributed by atoms with E-state index in [2.05, 4.69) is 11.4 Å². The first kappa shape index (κ1) is 20.7. The predicted molar refractivity (Wildman–Crippen MR) is 100.0 cm³/mol. The zero-order chi connectivity index (χ0) is 20.0. The van der Waals surface area contributed by atoms with Crippen molar-refractivity contribution >= 4 is 18.0 Å². The van der Waals surface area contributed by atoms with Gasteiger partial charge in [-0.05, 0) is 45.2 Å². The Kier molecular flexibility index (Phi) is 6.82. The Balaban J connectivity index is 1.74. The average Bonchev–Trinajstić information content (AvgIpc) is 2.59. The molecule has 7 heteroatoms. The third kappa shape index (κ3) is 6.58. The summed E-state index contributed by atoms with van der Waals surface area (Å²) in [5.41, 5.74) is 1.77. The van der Waals surface area contributed by atoms with E-state index in [1.807, 2.05) is 18.2 Å². The lowest BCUT2D eigenvalue weighted by Gasteiger charge is -2.30. The first-order chi connectivity index (χ1) is 12.7. The second-order valence-corrected chi connectivity index (χ2v) is 7.59. The van der Waals surface area contributed by atoms with Crippen molar-refractivity contribution in [1.29, 1.82) is 0 Å². The fraction of sp³-hybridized carbons (Fsp3) is 0.550. The molecule has 1 atom stereocenters. The van der Waals surface area contributed by atoms with Gasteiger partial charge in [-0.15, -0.1) is 0 Å². The van der Waals surface area contributed by atoms with Gasteiger partial charge in [0.15, 0.2) is 6.10 Å². The molecular formula is C20H28N2O5. The zero-order valence-electron chi connectivity index (χ0n) is 16.4. The number of alkyl carbamates (subject to hydrolysis) is 1. The summed E-state index contributed by atoms with van der Waals surface area (Å²) in [5, 5.41) is 2.49. The maximum absolute atomic E-state index is 12.5. The number of amides is 2. The summed E-state index contributed by atoms with van der Waals surface area (Å²) in [6, 6.07) is 8.02. The van der Waals surface area contributed by atoms with Crippen molar-refractivity contribution in [3.63, 3.8) is 0 Å². The fourth-order valence-corrected chi connectivity index (χ4v) is 2.83. The van der Waals surface area contributed by atoms with Gasteiger partial charge in [0.05, 0.1) is 6.42 Å². The van der Waals surface area contributed by atoms with Gasteiger partial charge >= 0.3 is 12.1 Å². The quantitative estimate of drug-likeness (QED) is 0.798. The topological polar surface area (TPSA) is 84.9 Å². The second kappa shape index (κ2) is 8.88. The van der Waals surface area contributed by atoms with Crippen LogP contribution in [0.5, 0.6) is 0 Å². The zero-order valence-corrected chi connectivity index (χ0v) is 16.4. The van der Waals surface area contributed by atoms with Gasteiger partial charge in [-0.25, -0.2) is 4.79 Å². The molecule has 0 unspecified atom stereocenters. The second-order valence-electron chi connectivity index (χ2n) is 7.59. The number of fused-ring (bicyclic) bond motifs is 1. The maximum atomic E-state index is 12.5. The van der Waals surface area contributed by atoms with Crippen molar-refractivity contribution in [3.8, 4) is 0 Å². The van der Waals surface area contributed by atoms with Gasteiger partial charge in [0.25, 0.3) is 5.91 Å². The van der Waals surface area contributed by atoms with E-state index < -0.39 is 23.8 Å². The Morgan fingerprint density at radius 2 is 1.85 bits per heavy atom. The summed E-state index contributed by atoms with van der Waals surface area (Å²) in [6.45, 7) is 8.07. The van der Waals surface area contributed by atoms with Crippen LogP contribution in [0.2, 0.25) is 0 Å². The monoisotopic (exact) mass is 376 g/mol. The number of benzene rings is 1. The standard InChI is InChI=1S/C20H28N2O5/c1-14(26-17(23)9-11-21-19(25)27-20(2,3)4)18(24)22-12-10-15-7-5-6-8-16(15)13-22/h5-8,14H,9-13H2,1-4H3,(H,21,25)/t14-/m1/s1. The van der Waals surface area contributed by atoms with Gasteiger partial charge in [-0.2, -0.15) is 0 Å². The SMILES string of the molecule is C[C@@H](OC(=O)CCNC(=O)OC(C)(C)C)C(=O)N1CCc2ccccc2C1. The molecule has 1 aliphatic heterocycles. The molecule has 1 N–H and O–H groups in total. The van der Waals surface area contributed by atoms with Crippen molar-refractivity contribution in [3.05, 3.63) is 35.4 Å². The summed E-state index contributed by atoms with van der Waals surface area (Å²) in [7, 11) is 0. The van der Waals surface area contributed by atoms with Crippen LogP contribution < -0.4 is 5.32 Å². The minimum absolute atomic E-state index is 0.0281. The van der Waals surface area contributed by atoms with Gasteiger partial charge in [-0.3, -0.25) is 9.59 Å². The third-order valence-electron chi connectivity index (χ3n) is 4.10. The molecule has 0 saturated carbocycles. The van der Waals surface area contributed by atoms with Crippen LogP contribution in [-0.2, 0) is 32.0 Å². The lowest BCUT2D eigenvalue weighted by molar-refractivity contribution is -0.159. The van der Waals surface area contributed by atoms with Gasteiger partial charge < -0.3 is 19.7 Å². The highest BCUT2D eigenvalue weighted by Gasteiger charge is 2.26. The molecule has 1 aliphatic rings. The number of carbonyl (C=O) groups excluding carboxylic acids is 3. The number of ether oxygens (including phenoxy) is 2. The Labute approximate surface area is 160 Å². The van der Waals surface area contributed by atoms with Crippen LogP contribution in [0.25, 0.3) is 0 Å². The number of nitrogens with zero attached hydrogens (tertiary/aromatic N) is 1. The van der Waals surface area contributed by atoms with Gasteiger partial charge in [0.2, 0.25) is 0 Å². The van der Waals surface area contributed by atoms with Crippen LogP contribution >= 0.6 is 0 Å². The lowest BCUT2D eigenvalue weighted by atomic mass is 9.99. The molecule has 0 aromatic heterocycles. The summed E-state index contributed by atoms with van der Waals surface area (Å²) >= 11 is 0. The number of esters is 1. The highest BCUT2D eigenvalue weighted by Crippen LogP contribution is 2.19. The van der Waals surface area contributed by atoms with Crippen LogP contribution in [0, 0.1) is 0 Å². The van der Waals surface area contributed by atoms with E-state index in [9.17, 15) is 14.4 Å². The molecule has 148 valence electrons. The molecule has 1 heterocycles. The van der Waals surface area contributed by atoms with Crippen molar-refractivity contribution < 1.29 is 23.9 Å². The Hall–Kier alpha value is -2.57. The van der Waals surface area contributed by atoms with Gasteiger partial charge in [0.1, 0.15) is 5.60 Å². The minimum atomic E-state index is -0.857. The molecular weight excluding hydrogens is 348 g/mol. The molecule has 0 radical (unpaired) electrons. The minimum Gasteiger partial charge on any atom is -0.452 e. The Morgan fingerprint density at radius 1 is 1.19 bits per heavy atom. The molecule has 0 bridgehead atoms. The first-order valence-corrected chi connectivity index (χ1v) is 9.17. The van der Waals surface area contributed by atoms with Crippen LogP contribution in [-0.4, -0.2) is 47.7 Å². The van der Waals surface area contributed by atoms with Crippen LogP contribution in [0.3, 0.4) is 0 Å². The third-order valence-corrected chi connectivity index (χ3v) is 4.10. The first-order valence-electron chi connectivity index (χ1n) is 9.17. The van der Waals surface area contributed by atoms with Gasteiger partial charge in [-0.1, -0.05) is 24.3 Å². The Morgan fingerprint density at radius 3 is 2.52 bits per heavy atom. The average molecular weight is 376 g/mol. The van der Waals surface area contributed by atoms with Gasteiger partial charge in [0, 0.05) is 19.6 Å². The van der Waals surface area contributed by atoms with E-state index in [-0.39, 0.29) is 18.9 Å². The van der Waals surface area contributed by atoms with E-state index in [4.69, 9.17) is 9.47 Å². The van der Waals surface area contributed by atoms with Crippen LogP contribution in [0.1, 0.15) is 45.2 Å². The number of hydrogen-bond acceptors (Lipinski definition) is 5. The summed E-state index contributed by atoms with van der Waals surface area (Å²) < 4.78 is 10.3. The molecule has 2 rings (SSSR count). The normalized spacial score (nSPS) is 14.7. The highest BCUT2D eigenvalue weighted by atomic mass is 16.6. The van der Waals surface area contributed by atoms with Crippen molar-refractivity contribution in [2.45, 2.75) is 58.8 Å². The molecule has 0 aliphatic carbocycles. The highest BCUT2D eigenvalue weighted by molar-refractivity contribution is 5.83. The number of carbonyl (C=O) groups is 3. The maximum Gasteiger partial charge on any atom is 0.407 e. The van der Waals surface area contributed by atoms with E-state index >= 15 is 0 Å². The molecule has 0 spiro atoms. The molecule has 0 saturated heterocycles. The predicted octanol–water partition coefficient (Wildman–Crippen LogP) is 2.42. The van der Waals surface area contributed by atoms with E-state index in [1.165, 1.54) is 5.56 Å². The smallest absolute Gasteiger partial charge is 0.407 e. The summed E-state index contributed by atoms with van der Waals surface area (Å²) in [6.07, 6.45) is -0.682. The van der Waals surface area contributed by atoms with Crippen LogP contribution in [0.4, 0.5) is 4.79 Å². The molecule has 2 amide bonds. The Bertz CT molecular complexity index is 696. The molecule has 27 heavy (non-hydrogen) atoms. The molecule has 7 nitrogen and oxygen atoms in total. The number of hydrogen-bond donors (Lipinski definition) is 1. The lowest BCUT2D eigenvalue weighted by Crippen LogP contribution is -2.43. The van der Waals surface area contributed by atoms with E-state index in [0.29, 0.717) is 13.1 Å². The van der Waals surface area contributed by atoms with Crippen molar-refractivity contribution in [1.82, 2.24) is 10.2 Å². The van der Waals surface area contributed by atoms with E-state index in [0.717, 1.165) is 12.0 Å². The van der Waals surface area contributed by atoms with Crippen LogP contribution in [0.15, 0.2) is 24.3 Å². The molecule has 0 fully saturated rings.